The highest BCUT2D eigenvalue weighted by Gasteiger charge is 2.22. The van der Waals surface area contributed by atoms with Gasteiger partial charge in [-0.3, -0.25) is 9.97 Å². The molecule has 3 aromatic heterocycles. The lowest BCUT2D eigenvalue weighted by molar-refractivity contribution is 0.483. The van der Waals surface area contributed by atoms with Crippen LogP contribution >= 0.6 is 0 Å². The van der Waals surface area contributed by atoms with E-state index >= 15 is 0 Å². The molecule has 0 bridgehead atoms. The fourth-order valence-corrected chi connectivity index (χ4v) is 7.15. The quantitative estimate of drug-likeness (QED) is 0.193. The van der Waals surface area contributed by atoms with Gasteiger partial charge in [0.15, 0.2) is 5.58 Å². The summed E-state index contributed by atoms with van der Waals surface area (Å²) in [6.07, 6.45) is 3.65. The Bertz CT molecular complexity index is 2700. The molecule has 4 heteroatoms. The summed E-state index contributed by atoms with van der Waals surface area (Å²) < 4.78 is 12.9. The number of aromatic nitrogens is 2. The standard InChI is InChI=1S/C44H26N2O2/c1-2-21-45-40(15-1)30-9-3-11-32(23-30)47-33-12-4-10-31(24-33)43-44-38(20-22-46-43)35-19-17-29(26-41(35)48-44)28-16-18-34-36-13-5-7-27-8-6-14-37(42(27)36)39(34)25-28/h1-26H. The summed E-state index contributed by atoms with van der Waals surface area (Å²) >= 11 is 0. The fourth-order valence-electron chi connectivity index (χ4n) is 7.15. The Kier molecular flexibility index (Phi) is 5.84. The van der Waals surface area contributed by atoms with Crippen molar-refractivity contribution >= 4 is 32.7 Å². The highest BCUT2D eigenvalue weighted by molar-refractivity contribution is 6.16. The first-order chi connectivity index (χ1) is 23.8. The van der Waals surface area contributed by atoms with Crippen molar-refractivity contribution in [3.63, 3.8) is 0 Å². The molecule has 1 aliphatic rings. The zero-order chi connectivity index (χ0) is 31.6. The van der Waals surface area contributed by atoms with Gasteiger partial charge in [0.1, 0.15) is 22.8 Å². The zero-order valence-electron chi connectivity index (χ0n) is 25.7. The van der Waals surface area contributed by atoms with Gasteiger partial charge in [-0.15, -0.1) is 0 Å². The van der Waals surface area contributed by atoms with Gasteiger partial charge in [-0.25, -0.2) is 0 Å². The third-order valence-electron chi connectivity index (χ3n) is 9.36. The largest absolute Gasteiger partial charge is 0.457 e. The number of ether oxygens (including phenoxy) is 1. The molecular weight excluding hydrogens is 588 g/mol. The van der Waals surface area contributed by atoms with Gasteiger partial charge in [-0.1, -0.05) is 84.9 Å². The molecule has 9 aromatic rings. The molecule has 0 aliphatic heterocycles. The van der Waals surface area contributed by atoms with Crippen molar-refractivity contribution in [1.29, 1.82) is 0 Å². The van der Waals surface area contributed by atoms with Crippen LogP contribution in [-0.4, -0.2) is 9.97 Å². The zero-order valence-corrected chi connectivity index (χ0v) is 25.7. The van der Waals surface area contributed by atoms with Gasteiger partial charge in [0.25, 0.3) is 0 Å². The monoisotopic (exact) mass is 614 g/mol. The Hall–Kier alpha value is -6.52. The van der Waals surface area contributed by atoms with E-state index in [9.17, 15) is 0 Å². The summed E-state index contributed by atoms with van der Waals surface area (Å²) in [7, 11) is 0. The van der Waals surface area contributed by atoms with Crippen LogP contribution in [-0.2, 0) is 0 Å². The van der Waals surface area contributed by atoms with Crippen molar-refractivity contribution in [3.8, 4) is 67.4 Å². The molecule has 48 heavy (non-hydrogen) atoms. The number of rotatable bonds is 5. The second kappa shape index (κ2) is 10.5. The summed E-state index contributed by atoms with van der Waals surface area (Å²) in [5, 5.41) is 4.72. The average Bonchev–Trinajstić information content (AvgIpc) is 3.68. The van der Waals surface area contributed by atoms with Crippen LogP contribution in [0.25, 0.3) is 88.6 Å². The van der Waals surface area contributed by atoms with Gasteiger partial charge in [0, 0.05) is 34.3 Å². The van der Waals surface area contributed by atoms with Crippen molar-refractivity contribution in [2.75, 3.05) is 0 Å². The number of nitrogens with zero attached hydrogens (tertiary/aromatic N) is 2. The van der Waals surface area contributed by atoms with E-state index in [0.717, 1.165) is 67.1 Å². The molecule has 0 saturated carbocycles. The highest BCUT2D eigenvalue weighted by atomic mass is 16.5. The fraction of sp³-hybridized carbons (Fsp3) is 0. The summed E-state index contributed by atoms with van der Waals surface area (Å²) in [6, 6.07) is 50.3. The SMILES string of the molecule is c1ccc(-c2cccc(Oc3cccc(-c4nccc5c4oc4cc(-c6ccc7c(c6)-c6cccc8cccc-7c68)ccc45)c3)c2)nc1. The lowest BCUT2D eigenvalue weighted by atomic mass is 9.97. The predicted octanol–water partition coefficient (Wildman–Crippen LogP) is 12.0. The number of pyridine rings is 2. The maximum absolute atomic E-state index is 6.60. The van der Waals surface area contributed by atoms with Gasteiger partial charge in [0.05, 0.1) is 5.69 Å². The van der Waals surface area contributed by atoms with Crippen LogP contribution in [0.4, 0.5) is 0 Å². The molecule has 0 N–H and O–H groups in total. The Morgan fingerprint density at radius 3 is 2.04 bits per heavy atom. The van der Waals surface area contributed by atoms with Crippen LogP contribution in [0.3, 0.4) is 0 Å². The first-order valence-corrected chi connectivity index (χ1v) is 16.0. The molecule has 224 valence electrons. The van der Waals surface area contributed by atoms with E-state index in [0.29, 0.717) is 0 Å². The van der Waals surface area contributed by atoms with Crippen LogP contribution in [0.15, 0.2) is 162 Å². The second-order valence-corrected chi connectivity index (χ2v) is 12.2. The van der Waals surface area contributed by atoms with Gasteiger partial charge in [0.2, 0.25) is 0 Å². The Morgan fingerprint density at radius 1 is 0.458 bits per heavy atom. The van der Waals surface area contributed by atoms with Crippen LogP contribution < -0.4 is 4.74 Å². The molecule has 0 radical (unpaired) electrons. The Morgan fingerprint density at radius 2 is 1.21 bits per heavy atom. The third-order valence-corrected chi connectivity index (χ3v) is 9.36. The Labute approximate surface area is 276 Å². The van der Waals surface area contributed by atoms with Gasteiger partial charge >= 0.3 is 0 Å². The summed E-state index contributed by atoms with van der Waals surface area (Å²) in [5.74, 6) is 1.46. The van der Waals surface area contributed by atoms with Crippen molar-refractivity contribution < 1.29 is 9.15 Å². The van der Waals surface area contributed by atoms with E-state index in [-0.39, 0.29) is 0 Å². The first kappa shape index (κ1) is 26.7. The highest BCUT2D eigenvalue weighted by Crippen LogP contribution is 2.48. The van der Waals surface area contributed by atoms with E-state index in [1.807, 2.05) is 79.0 Å². The molecule has 4 nitrogen and oxygen atoms in total. The van der Waals surface area contributed by atoms with Crippen molar-refractivity contribution in [2.45, 2.75) is 0 Å². The maximum atomic E-state index is 6.60. The molecule has 3 heterocycles. The minimum absolute atomic E-state index is 0.720. The van der Waals surface area contributed by atoms with E-state index in [1.54, 1.807) is 6.20 Å². The van der Waals surface area contributed by atoms with Crippen LogP contribution in [0.5, 0.6) is 11.5 Å². The smallest absolute Gasteiger partial charge is 0.161 e. The lowest BCUT2D eigenvalue weighted by Gasteiger charge is -2.09. The van der Waals surface area contributed by atoms with Gasteiger partial charge in [-0.05, 0) is 105 Å². The molecule has 0 amide bonds. The molecule has 1 aliphatic carbocycles. The second-order valence-electron chi connectivity index (χ2n) is 12.2. The number of fused-ring (bicyclic) bond motifs is 6. The van der Waals surface area contributed by atoms with E-state index in [4.69, 9.17) is 14.1 Å². The molecule has 10 rings (SSSR count). The van der Waals surface area contributed by atoms with Crippen molar-refractivity contribution in [3.05, 3.63) is 158 Å². The molecule has 0 spiro atoms. The number of furan rings is 1. The lowest BCUT2D eigenvalue weighted by Crippen LogP contribution is -1.88. The summed E-state index contributed by atoms with van der Waals surface area (Å²) in [4.78, 5) is 9.25. The minimum Gasteiger partial charge on any atom is -0.457 e. The minimum atomic E-state index is 0.720. The summed E-state index contributed by atoms with van der Waals surface area (Å²) in [6.45, 7) is 0. The molecule has 0 atom stereocenters. The average molecular weight is 615 g/mol. The van der Waals surface area contributed by atoms with Crippen molar-refractivity contribution in [1.82, 2.24) is 9.97 Å². The molecule has 6 aromatic carbocycles. The van der Waals surface area contributed by atoms with Crippen LogP contribution in [0.2, 0.25) is 0 Å². The number of hydrogen-bond acceptors (Lipinski definition) is 4. The van der Waals surface area contributed by atoms with E-state index in [1.165, 1.54) is 33.0 Å². The number of benzene rings is 6. The normalized spacial score (nSPS) is 11.8. The van der Waals surface area contributed by atoms with E-state index in [2.05, 4.69) is 77.8 Å². The van der Waals surface area contributed by atoms with E-state index < -0.39 is 0 Å². The number of hydrogen-bond donors (Lipinski definition) is 0. The van der Waals surface area contributed by atoms with Crippen LogP contribution in [0, 0.1) is 0 Å². The summed E-state index contributed by atoms with van der Waals surface area (Å²) in [5.41, 5.74) is 12.7. The Balaban J connectivity index is 1.01. The third kappa shape index (κ3) is 4.24. The van der Waals surface area contributed by atoms with Crippen LogP contribution in [0.1, 0.15) is 0 Å². The topological polar surface area (TPSA) is 48.2 Å². The predicted molar refractivity (Wildman–Crippen MR) is 194 cm³/mol. The van der Waals surface area contributed by atoms with Crippen molar-refractivity contribution in [2.24, 2.45) is 0 Å². The first-order valence-electron chi connectivity index (χ1n) is 16.0. The molecular formula is C44H26N2O2. The van der Waals surface area contributed by atoms with Gasteiger partial charge < -0.3 is 9.15 Å². The molecule has 0 fully saturated rings. The maximum Gasteiger partial charge on any atom is 0.161 e. The molecule has 0 saturated heterocycles. The van der Waals surface area contributed by atoms with Gasteiger partial charge in [-0.2, -0.15) is 0 Å². The molecule has 0 unspecified atom stereocenters.